The summed E-state index contributed by atoms with van der Waals surface area (Å²) in [4.78, 5) is 35.5. The molecule has 0 aliphatic heterocycles. The van der Waals surface area contributed by atoms with Crippen molar-refractivity contribution in [2.75, 3.05) is 0 Å². The van der Waals surface area contributed by atoms with Crippen LogP contribution in [0.3, 0.4) is 0 Å². The van der Waals surface area contributed by atoms with Crippen LogP contribution in [0.5, 0.6) is 0 Å². The number of rotatable bonds is 10. The first kappa shape index (κ1) is 40.5. The second kappa shape index (κ2) is 16.1. The van der Waals surface area contributed by atoms with Crippen LogP contribution in [0.15, 0.2) is 36.4 Å². The first-order chi connectivity index (χ1) is 16.6. The fourth-order valence-electron chi connectivity index (χ4n) is 7.09. The molecule has 0 unspecified atom stereocenters. The Kier molecular flexibility index (Phi) is 16.7. The summed E-state index contributed by atoms with van der Waals surface area (Å²) < 4.78 is 0. The van der Waals surface area contributed by atoms with Crippen molar-refractivity contribution in [2.24, 2.45) is 0 Å². The fraction of sp³-hybridized carbons (Fsp3) is 0.600. The van der Waals surface area contributed by atoms with Gasteiger partial charge in [0, 0.05) is 0 Å². The van der Waals surface area contributed by atoms with Crippen molar-refractivity contribution >= 4 is 39.1 Å². The van der Waals surface area contributed by atoms with Gasteiger partial charge >= 0.3 is 21.7 Å². The third-order valence-corrected chi connectivity index (χ3v) is 21.6. The number of fused-ring (bicyclic) bond motifs is 1. The number of hydrogen-bond donors (Lipinski definition) is 2. The topological polar surface area (TPSA) is 58.2 Å². The SMILES string of the molecule is CC(C)[Si](NC(=O)c1ccc2ccccc2c1C(=O)N[Si](C(C)C)(C(C)C)C(C)C)(C(C)C)C(C)C.[Cl-].[Cl-].[Ti+2]. The number of hydrogen-bond acceptors (Lipinski definition) is 2. The van der Waals surface area contributed by atoms with Gasteiger partial charge in [-0.05, 0) is 50.1 Å². The van der Waals surface area contributed by atoms with Crippen LogP contribution in [0, 0.1) is 0 Å². The van der Waals surface area contributed by atoms with Crippen LogP contribution in [0.2, 0.25) is 33.2 Å². The number of amides is 2. The summed E-state index contributed by atoms with van der Waals surface area (Å²) in [6, 6.07) is 11.8. The number of carbonyl (C=O) groups excluding carboxylic acids is 2. The van der Waals surface area contributed by atoms with Gasteiger partial charge in [-0.3, -0.25) is 9.59 Å². The molecule has 0 atom stereocenters. The zero-order valence-corrected chi connectivity index (χ0v) is 31.1. The molecule has 0 saturated carbocycles. The predicted molar refractivity (Wildman–Crippen MR) is 161 cm³/mol. The average Bonchev–Trinajstić information content (AvgIpc) is 2.78. The average molecular weight is 646 g/mol. The molecule has 39 heavy (non-hydrogen) atoms. The van der Waals surface area contributed by atoms with E-state index >= 15 is 0 Å². The maximum absolute atomic E-state index is 14.2. The first-order valence-electron chi connectivity index (χ1n) is 13.8. The Morgan fingerprint density at radius 3 is 1.31 bits per heavy atom. The van der Waals surface area contributed by atoms with E-state index in [9.17, 15) is 9.59 Å². The van der Waals surface area contributed by atoms with Gasteiger partial charge in [-0.15, -0.1) is 0 Å². The molecule has 0 spiro atoms. The van der Waals surface area contributed by atoms with E-state index < -0.39 is 16.5 Å². The smallest absolute Gasteiger partial charge is 1.00 e. The molecule has 2 amide bonds. The maximum atomic E-state index is 14.2. The molecule has 2 rings (SSSR count). The van der Waals surface area contributed by atoms with Gasteiger partial charge in [0.2, 0.25) is 11.8 Å². The monoisotopic (exact) mass is 644 g/mol. The molecular formula is C30H50Cl2N2O2Si2Ti. The van der Waals surface area contributed by atoms with Crippen molar-refractivity contribution in [3.8, 4) is 0 Å². The zero-order valence-electron chi connectivity index (χ0n) is 26.0. The summed E-state index contributed by atoms with van der Waals surface area (Å²) in [5.41, 5.74) is 3.25. The molecule has 0 aliphatic carbocycles. The number of nitrogens with one attached hydrogen (secondary N) is 2. The van der Waals surface area contributed by atoms with E-state index in [1.165, 1.54) is 0 Å². The van der Waals surface area contributed by atoms with Crippen LogP contribution in [-0.4, -0.2) is 28.3 Å². The number of carbonyl (C=O) groups is 2. The normalized spacial score (nSPS) is 12.1. The van der Waals surface area contributed by atoms with Gasteiger partial charge in [-0.1, -0.05) is 113 Å². The van der Waals surface area contributed by atoms with Gasteiger partial charge in [0.15, 0.2) is 16.5 Å². The third kappa shape index (κ3) is 7.81. The summed E-state index contributed by atoms with van der Waals surface area (Å²) >= 11 is 0. The minimum atomic E-state index is -2.24. The fourth-order valence-corrected chi connectivity index (χ4v) is 17.9. The van der Waals surface area contributed by atoms with E-state index in [0.717, 1.165) is 10.8 Å². The summed E-state index contributed by atoms with van der Waals surface area (Å²) in [7, 11) is -4.46. The Labute approximate surface area is 267 Å². The van der Waals surface area contributed by atoms with Crippen LogP contribution in [0.1, 0.15) is 104 Å². The van der Waals surface area contributed by atoms with E-state index in [0.29, 0.717) is 44.4 Å². The Hall–Kier alpha value is -0.632. The number of halogens is 2. The first-order valence-corrected chi connectivity index (χ1v) is 18.3. The maximum Gasteiger partial charge on any atom is 2.00 e. The van der Waals surface area contributed by atoms with Crippen molar-refractivity contribution in [1.82, 2.24) is 9.96 Å². The minimum absolute atomic E-state index is 0. The predicted octanol–water partition coefficient (Wildman–Crippen LogP) is 2.66. The van der Waals surface area contributed by atoms with E-state index in [1.54, 1.807) is 0 Å². The molecule has 0 saturated heterocycles. The van der Waals surface area contributed by atoms with Crippen molar-refractivity contribution < 1.29 is 56.1 Å². The van der Waals surface area contributed by atoms with Crippen molar-refractivity contribution in [3.63, 3.8) is 0 Å². The van der Waals surface area contributed by atoms with Crippen LogP contribution in [0.4, 0.5) is 0 Å². The molecule has 2 N–H and O–H groups in total. The van der Waals surface area contributed by atoms with Gasteiger partial charge < -0.3 is 34.8 Å². The summed E-state index contributed by atoms with van der Waals surface area (Å²) in [5.74, 6) is -0.217. The van der Waals surface area contributed by atoms with Gasteiger partial charge in [0.1, 0.15) is 0 Å². The molecule has 0 radical (unpaired) electrons. The molecule has 2 aromatic carbocycles. The second-order valence-corrected chi connectivity index (χ2v) is 23.6. The van der Waals surface area contributed by atoms with E-state index in [2.05, 4.69) is 93.0 Å². The van der Waals surface area contributed by atoms with Crippen molar-refractivity contribution in [1.29, 1.82) is 0 Å². The number of benzene rings is 2. The Morgan fingerprint density at radius 2 is 0.923 bits per heavy atom. The largest absolute Gasteiger partial charge is 2.00 e. The van der Waals surface area contributed by atoms with Crippen LogP contribution >= 0.6 is 0 Å². The molecule has 218 valence electrons. The second-order valence-electron chi connectivity index (χ2n) is 12.4. The Balaban J connectivity index is 0. The van der Waals surface area contributed by atoms with Gasteiger partial charge in [0.05, 0.1) is 11.1 Å². The quantitative estimate of drug-likeness (QED) is 0.391. The molecule has 0 aliphatic rings. The van der Waals surface area contributed by atoms with E-state index in [-0.39, 0.29) is 58.3 Å². The molecule has 0 heterocycles. The third-order valence-electron chi connectivity index (χ3n) is 8.79. The zero-order chi connectivity index (χ0) is 27.6. The minimum Gasteiger partial charge on any atom is -1.00 e. The Bertz CT molecular complexity index is 1050. The molecule has 0 fully saturated rings. The molecule has 0 aromatic heterocycles. The van der Waals surface area contributed by atoms with Crippen LogP contribution in [0.25, 0.3) is 10.8 Å². The molecule has 0 bridgehead atoms. The molecule has 4 nitrogen and oxygen atoms in total. The van der Waals surface area contributed by atoms with Crippen molar-refractivity contribution in [3.05, 3.63) is 47.5 Å². The summed E-state index contributed by atoms with van der Waals surface area (Å²) in [6.45, 7) is 26.8. The van der Waals surface area contributed by atoms with E-state index in [4.69, 9.17) is 0 Å². The van der Waals surface area contributed by atoms with Crippen LogP contribution in [-0.2, 0) is 21.7 Å². The summed E-state index contributed by atoms with van der Waals surface area (Å²) in [6.07, 6.45) is 0. The van der Waals surface area contributed by atoms with Crippen molar-refractivity contribution in [2.45, 2.75) is 116 Å². The summed E-state index contributed by atoms with van der Waals surface area (Å²) in [5, 5.41) is 1.82. The Morgan fingerprint density at radius 1 is 0.564 bits per heavy atom. The van der Waals surface area contributed by atoms with Gasteiger partial charge in [-0.25, -0.2) is 0 Å². The van der Waals surface area contributed by atoms with Crippen LogP contribution < -0.4 is 34.8 Å². The van der Waals surface area contributed by atoms with E-state index in [1.807, 2.05) is 36.4 Å². The molecule has 2 aromatic rings. The van der Waals surface area contributed by atoms with Gasteiger partial charge in [0.25, 0.3) is 0 Å². The van der Waals surface area contributed by atoms with Gasteiger partial charge in [-0.2, -0.15) is 0 Å². The molecular weight excluding hydrogens is 595 g/mol. The molecule has 9 heteroatoms. The standard InChI is InChI=1S/C30H50N2O2Si2.2ClH.Ti/c1-19(2)35(20(3)4,21(5)6)31-29(33)27-18-17-25-15-13-14-16-26(25)28(27)30(34)32-36(22(7)8,23(9)10)24(11)12;;;/h13-24H,1-12H3,(H,31,33)(H,32,34);2*1H;/q;;;+2/p-2.